The van der Waals surface area contributed by atoms with Gasteiger partial charge in [-0.1, -0.05) is 25.2 Å². The second-order valence-corrected chi connectivity index (χ2v) is 6.86. The van der Waals surface area contributed by atoms with Crippen molar-refractivity contribution in [1.29, 1.82) is 0 Å². The highest BCUT2D eigenvalue weighted by Crippen LogP contribution is 2.24. The Hall–Kier alpha value is -3.19. The molecule has 166 valence electrons. The average molecular weight is 428 g/mol. The zero-order valence-electron chi connectivity index (χ0n) is 17.7. The fourth-order valence-electron chi connectivity index (χ4n) is 2.93. The number of methoxy groups -OCH3 is 1. The number of carbonyl (C=O) groups excluding carboxylic acids is 3. The van der Waals surface area contributed by atoms with Crippen LogP contribution in [0.4, 0.5) is 0 Å². The maximum Gasteiger partial charge on any atom is 0.343 e. The number of unbranched alkanes of at least 4 members (excludes halogenated alkanes) is 3. The van der Waals surface area contributed by atoms with Crippen LogP contribution in [0.25, 0.3) is 0 Å². The molecular formula is C24H28O7. The quantitative estimate of drug-likeness (QED) is 0.154. The van der Waals surface area contributed by atoms with Gasteiger partial charge in [-0.05, 0) is 50.0 Å². The smallest absolute Gasteiger partial charge is 0.343 e. The minimum Gasteiger partial charge on any atom is -0.496 e. The second-order valence-electron chi connectivity index (χ2n) is 6.86. The molecule has 0 aromatic heterocycles. The summed E-state index contributed by atoms with van der Waals surface area (Å²) >= 11 is 0. The summed E-state index contributed by atoms with van der Waals surface area (Å²) in [6, 6.07) is 4.62. The van der Waals surface area contributed by atoms with E-state index in [1.165, 1.54) is 13.2 Å². The summed E-state index contributed by atoms with van der Waals surface area (Å²) in [5.74, 6) is -0.185. The number of esters is 2. The Morgan fingerprint density at radius 3 is 2.58 bits per heavy atom. The highest BCUT2D eigenvalue weighted by atomic mass is 16.5. The Labute approximate surface area is 182 Å². The first kappa shape index (κ1) is 24.1. The molecule has 0 bridgehead atoms. The Morgan fingerprint density at radius 1 is 1.16 bits per heavy atom. The summed E-state index contributed by atoms with van der Waals surface area (Å²) < 4.78 is 21.2. The molecule has 0 aliphatic heterocycles. The highest BCUT2D eigenvalue weighted by Gasteiger charge is 2.16. The van der Waals surface area contributed by atoms with Gasteiger partial charge in [0.05, 0.1) is 31.0 Å². The lowest BCUT2D eigenvalue weighted by molar-refractivity contribution is -0.137. The van der Waals surface area contributed by atoms with Crippen molar-refractivity contribution in [2.45, 2.75) is 38.2 Å². The van der Waals surface area contributed by atoms with Crippen LogP contribution in [0, 0.1) is 0 Å². The van der Waals surface area contributed by atoms with Crippen LogP contribution in [0.1, 0.15) is 42.5 Å². The molecule has 1 aromatic carbocycles. The summed E-state index contributed by atoms with van der Waals surface area (Å²) in [4.78, 5) is 34.3. The van der Waals surface area contributed by atoms with E-state index < -0.39 is 11.9 Å². The van der Waals surface area contributed by atoms with Gasteiger partial charge in [-0.15, -0.1) is 0 Å². The molecule has 1 aromatic rings. The number of rotatable bonds is 13. The van der Waals surface area contributed by atoms with Gasteiger partial charge in [-0.3, -0.25) is 4.79 Å². The van der Waals surface area contributed by atoms with E-state index in [1.807, 2.05) is 6.08 Å². The molecule has 31 heavy (non-hydrogen) atoms. The lowest BCUT2D eigenvalue weighted by Gasteiger charge is -2.17. The highest BCUT2D eigenvalue weighted by molar-refractivity contribution is 5.93. The van der Waals surface area contributed by atoms with Crippen LogP contribution >= 0.6 is 0 Å². The first-order valence-corrected chi connectivity index (χ1v) is 10.2. The van der Waals surface area contributed by atoms with Crippen LogP contribution in [0.2, 0.25) is 0 Å². The van der Waals surface area contributed by atoms with Gasteiger partial charge in [0.2, 0.25) is 0 Å². The Kier molecular flexibility index (Phi) is 10.2. The summed E-state index contributed by atoms with van der Waals surface area (Å²) in [5.41, 5.74) is 0.754. The molecule has 0 spiro atoms. The molecule has 1 unspecified atom stereocenters. The van der Waals surface area contributed by atoms with Gasteiger partial charge in [0.25, 0.3) is 0 Å². The number of ether oxygens (including phenoxy) is 4. The fourth-order valence-corrected chi connectivity index (χ4v) is 2.93. The number of hydrogen-bond acceptors (Lipinski definition) is 7. The second kappa shape index (κ2) is 13.2. The van der Waals surface area contributed by atoms with Gasteiger partial charge >= 0.3 is 11.9 Å². The standard InChI is InChI=1S/C24H28O7/c1-3-23(26)30-15-7-5-4-6-14-29-20-10-8-18(9-11-20)24(27)31-21-12-13-22(28-2)19(16-21)17-25/h3,8-10,12-13,16-17,20H,1,4-7,11,14-15H2,2H3. The van der Waals surface area contributed by atoms with Crippen molar-refractivity contribution in [1.82, 2.24) is 0 Å². The molecular weight excluding hydrogens is 400 g/mol. The number of carbonyl (C=O) groups is 3. The molecule has 0 radical (unpaired) electrons. The number of benzene rings is 1. The van der Waals surface area contributed by atoms with Crippen molar-refractivity contribution < 1.29 is 33.3 Å². The molecule has 0 heterocycles. The third kappa shape index (κ3) is 8.22. The van der Waals surface area contributed by atoms with E-state index in [0.717, 1.165) is 31.8 Å². The summed E-state index contributed by atoms with van der Waals surface area (Å²) in [5, 5.41) is 0. The molecule has 0 saturated heterocycles. The molecule has 2 rings (SSSR count). The van der Waals surface area contributed by atoms with Crippen LogP contribution in [0.15, 0.2) is 54.7 Å². The topological polar surface area (TPSA) is 88.1 Å². The molecule has 1 aliphatic carbocycles. The van der Waals surface area contributed by atoms with Crippen LogP contribution in [0.5, 0.6) is 11.5 Å². The third-order valence-corrected chi connectivity index (χ3v) is 4.62. The summed E-state index contributed by atoms with van der Waals surface area (Å²) in [6.07, 6.45) is 11.3. The monoisotopic (exact) mass is 428 g/mol. The lowest BCUT2D eigenvalue weighted by Crippen LogP contribution is -2.17. The Balaban J connectivity index is 1.66. The molecule has 1 aliphatic rings. The van der Waals surface area contributed by atoms with E-state index in [1.54, 1.807) is 24.3 Å². The van der Waals surface area contributed by atoms with Gasteiger partial charge in [-0.2, -0.15) is 0 Å². The SMILES string of the molecule is C=CC(=O)OCCCCCCOC1C=CC(C(=O)Oc2ccc(OC)c(C=O)c2)=CC1. The van der Waals surface area contributed by atoms with Crippen molar-refractivity contribution in [3.63, 3.8) is 0 Å². The summed E-state index contributed by atoms with van der Waals surface area (Å²) in [7, 11) is 1.47. The molecule has 0 N–H and O–H groups in total. The molecule has 0 amide bonds. The van der Waals surface area contributed by atoms with Gasteiger partial charge in [-0.25, -0.2) is 9.59 Å². The van der Waals surface area contributed by atoms with Crippen molar-refractivity contribution in [2.24, 2.45) is 0 Å². The minimum absolute atomic E-state index is 0.0762. The predicted octanol–water partition coefficient (Wildman–Crippen LogP) is 3.97. The molecule has 0 saturated carbocycles. The average Bonchev–Trinajstić information content (AvgIpc) is 2.80. The van der Waals surface area contributed by atoms with Crippen LogP contribution in [0.3, 0.4) is 0 Å². The first-order chi connectivity index (χ1) is 15.1. The number of aldehydes is 1. The van der Waals surface area contributed by atoms with E-state index in [2.05, 4.69) is 6.58 Å². The zero-order valence-corrected chi connectivity index (χ0v) is 17.7. The molecule has 0 fully saturated rings. The number of hydrogen-bond donors (Lipinski definition) is 0. The van der Waals surface area contributed by atoms with Crippen molar-refractivity contribution in [2.75, 3.05) is 20.3 Å². The maximum atomic E-state index is 12.3. The fraction of sp³-hybridized carbons (Fsp3) is 0.375. The van der Waals surface area contributed by atoms with Crippen LogP contribution in [-0.4, -0.2) is 44.7 Å². The Morgan fingerprint density at radius 2 is 1.94 bits per heavy atom. The third-order valence-electron chi connectivity index (χ3n) is 4.62. The minimum atomic E-state index is -0.492. The van der Waals surface area contributed by atoms with E-state index >= 15 is 0 Å². The van der Waals surface area contributed by atoms with Crippen LogP contribution < -0.4 is 9.47 Å². The predicted molar refractivity (Wildman–Crippen MR) is 115 cm³/mol. The van der Waals surface area contributed by atoms with E-state index in [0.29, 0.717) is 42.8 Å². The van der Waals surface area contributed by atoms with Gasteiger partial charge in [0, 0.05) is 12.7 Å². The lowest BCUT2D eigenvalue weighted by atomic mass is 10.1. The van der Waals surface area contributed by atoms with Gasteiger partial charge in [0.15, 0.2) is 6.29 Å². The maximum absolute atomic E-state index is 12.3. The summed E-state index contributed by atoms with van der Waals surface area (Å²) in [6.45, 7) is 4.38. The van der Waals surface area contributed by atoms with Crippen LogP contribution in [-0.2, 0) is 19.1 Å². The van der Waals surface area contributed by atoms with Gasteiger partial charge in [0.1, 0.15) is 11.5 Å². The first-order valence-electron chi connectivity index (χ1n) is 10.2. The van der Waals surface area contributed by atoms with E-state index in [4.69, 9.17) is 18.9 Å². The van der Waals surface area contributed by atoms with E-state index in [9.17, 15) is 14.4 Å². The van der Waals surface area contributed by atoms with Crippen molar-refractivity contribution >= 4 is 18.2 Å². The zero-order chi connectivity index (χ0) is 22.5. The van der Waals surface area contributed by atoms with Gasteiger partial charge < -0.3 is 18.9 Å². The molecule has 7 nitrogen and oxygen atoms in total. The Bertz CT molecular complexity index is 838. The van der Waals surface area contributed by atoms with Crippen molar-refractivity contribution in [3.8, 4) is 11.5 Å². The molecule has 7 heteroatoms. The normalized spacial score (nSPS) is 15.0. The van der Waals surface area contributed by atoms with E-state index in [-0.39, 0.29) is 11.9 Å². The van der Waals surface area contributed by atoms with Crippen molar-refractivity contribution in [3.05, 3.63) is 60.2 Å². The molecule has 1 atom stereocenters. The largest absolute Gasteiger partial charge is 0.496 e.